The largest absolute Gasteiger partial charge is 0.264 e. The molecule has 0 unspecified atom stereocenters. The van der Waals surface area contributed by atoms with Gasteiger partial charge in [0, 0.05) is 24.2 Å². The molecule has 0 fully saturated rings. The summed E-state index contributed by atoms with van der Waals surface area (Å²) in [6.45, 7) is 4.35. The van der Waals surface area contributed by atoms with Crippen molar-refractivity contribution in [1.29, 1.82) is 0 Å². The molecule has 0 aromatic carbocycles. The Morgan fingerprint density at radius 1 is 1.14 bits per heavy atom. The summed E-state index contributed by atoms with van der Waals surface area (Å²) >= 11 is 1.65. The van der Waals surface area contributed by atoms with Gasteiger partial charge in [-0.05, 0) is 17.5 Å². The van der Waals surface area contributed by atoms with Crippen molar-refractivity contribution in [2.24, 2.45) is 0 Å². The van der Waals surface area contributed by atoms with Crippen LogP contribution in [0.15, 0.2) is 30.2 Å². The molecular weight excluding hydrogens is 192 g/mol. The highest BCUT2D eigenvalue weighted by molar-refractivity contribution is 7.13. The molecule has 0 saturated carbocycles. The smallest absolute Gasteiger partial charge is 0.0797 e. The molecular formula is C11H12N2S. The SMILES string of the molecule is CC(C)c1cncc(-c2cncs2)c1. The van der Waals surface area contributed by atoms with Gasteiger partial charge < -0.3 is 0 Å². The van der Waals surface area contributed by atoms with Gasteiger partial charge in [-0.2, -0.15) is 0 Å². The summed E-state index contributed by atoms with van der Waals surface area (Å²) in [5, 5.41) is 0. The highest BCUT2D eigenvalue weighted by atomic mass is 32.1. The van der Waals surface area contributed by atoms with E-state index in [9.17, 15) is 0 Å². The zero-order chi connectivity index (χ0) is 9.97. The average molecular weight is 204 g/mol. The Bertz CT molecular complexity index is 407. The number of pyridine rings is 1. The molecule has 0 spiro atoms. The van der Waals surface area contributed by atoms with E-state index in [2.05, 4.69) is 29.9 Å². The maximum absolute atomic E-state index is 4.24. The van der Waals surface area contributed by atoms with E-state index in [0.29, 0.717) is 5.92 Å². The van der Waals surface area contributed by atoms with Crippen molar-refractivity contribution < 1.29 is 0 Å². The van der Waals surface area contributed by atoms with Crippen LogP contribution in [0.3, 0.4) is 0 Å². The number of aromatic nitrogens is 2. The fraction of sp³-hybridized carbons (Fsp3) is 0.273. The van der Waals surface area contributed by atoms with Crippen LogP contribution in [0.5, 0.6) is 0 Å². The Balaban J connectivity index is 2.41. The number of hydrogen-bond acceptors (Lipinski definition) is 3. The summed E-state index contributed by atoms with van der Waals surface area (Å²) in [7, 11) is 0. The van der Waals surface area contributed by atoms with Crippen LogP contribution < -0.4 is 0 Å². The Kier molecular flexibility index (Phi) is 2.59. The van der Waals surface area contributed by atoms with Gasteiger partial charge >= 0.3 is 0 Å². The van der Waals surface area contributed by atoms with E-state index in [1.54, 1.807) is 11.3 Å². The first-order valence-corrected chi connectivity index (χ1v) is 5.49. The molecule has 0 saturated heterocycles. The summed E-state index contributed by atoms with van der Waals surface area (Å²) in [5.74, 6) is 0.523. The van der Waals surface area contributed by atoms with Crippen molar-refractivity contribution in [3.05, 3.63) is 35.7 Å². The van der Waals surface area contributed by atoms with Crippen LogP contribution in [-0.4, -0.2) is 9.97 Å². The van der Waals surface area contributed by atoms with Crippen molar-refractivity contribution in [3.8, 4) is 10.4 Å². The number of thiazole rings is 1. The third kappa shape index (κ3) is 1.82. The van der Waals surface area contributed by atoms with Gasteiger partial charge in [0.05, 0.1) is 10.4 Å². The molecule has 0 amide bonds. The molecule has 0 atom stereocenters. The summed E-state index contributed by atoms with van der Waals surface area (Å²) in [6, 6.07) is 2.19. The minimum absolute atomic E-state index is 0.523. The van der Waals surface area contributed by atoms with Crippen LogP contribution in [0, 0.1) is 0 Å². The predicted octanol–water partition coefficient (Wildman–Crippen LogP) is 3.33. The van der Waals surface area contributed by atoms with Crippen LogP contribution in [0.1, 0.15) is 25.3 Å². The van der Waals surface area contributed by atoms with Crippen molar-refractivity contribution in [2.45, 2.75) is 19.8 Å². The lowest BCUT2D eigenvalue weighted by molar-refractivity contribution is 0.859. The maximum atomic E-state index is 4.24. The fourth-order valence-corrected chi connectivity index (χ4v) is 1.87. The lowest BCUT2D eigenvalue weighted by atomic mass is 10.0. The van der Waals surface area contributed by atoms with E-state index in [1.165, 1.54) is 16.0 Å². The molecule has 0 radical (unpaired) electrons. The van der Waals surface area contributed by atoms with Crippen LogP contribution in [0.2, 0.25) is 0 Å². The van der Waals surface area contributed by atoms with Gasteiger partial charge in [-0.3, -0.25) is 9.97 Å². The summed E-state index contributed by atoms with van der Waals surface area (Å²) in [6.07, 6.45) is 5.69. The second-order valence-corrected chi connectivity index (χ2v) is 4.41. The summed E-state index contributed by atoms with van der Waals surface area (Å²) in [5.41, 5.74) is 4.28. The molecule has 0 aliphatic heterocycles. The second kappa shape index (κ2) is 3.88. The molecule has 3 heteroatoms. The molecule has 2 aromatic rings. The molecule has 14 heavy (non-hydrogen) atoms. The Labute approximate surface area is 87.7 Å². The fourth-order valence-electron chi connectivity index (χ4n) is 1.27. The average Bonchev–Trinajstić information content (AvgIpc) is 2.71. The van der Waals surface area contributed by atoms with Crippen LogP contribution in [0.25, 0.3) is 10.4 Å². The highest BCUT2D eigenvalue weighted by Crippen LogP contribution is 2.25. The number of nitrogens with zero attached hydrogens (tertiary/aromatic N) is 2. The monoisotopic (exact) mass is 204 g/mol. The predicted molar refractivity (Wildman–Crippen MR) is 59.4 cm³/mol. The normalized spacial score (nSPS) is 10.8. The van der Waals surface area contributed by atoms with Gasteiger partial charge in [0.2, 0.25) is 0 Å². The molecule has 0 aliphatic carbocycles. The van der Waals surface area contributed by atoms with Crippen molar-refractivity contribution in [1.82, 2.24) is 9.97 Å². The molecule has 2 rings (SSSR count). The standard InChI is InChI=1S/C11H12N2S/c1-8(2)9-3-10(5-12-4-9)11-6-13-7-14-11/h3-8H,1-2H3. The van der Waals surface area contributed by atoms with Gasteiger partial charge in [0.25, 0.3) is 0 Å². The molecule has 0 bridgehead atoms. The summed E-state index contributed by atoms with van der Waals surface area (Å²) < 4.78 is 0. The first kappa shape index (κ1) is 9.34. The highest BCUT2D eigenvalue weighted by Gasteiger charge is 2.03. The third-order valence-electron chi connectivity index (χ3n) is 2.14. The molecule has 0 aliphatic rings. The minimum atomic E-state index is 0.523. The van der Waals surface area contributed by atoms with E-state index in [0.717, 1.165) is 0 Å². The van der Waals surface area contributed by atoms with Gasteiger partial charge in [-0.1, -0.05) is 13.8 Å². The second-order valence-electron chi connectivity index (χ2n) is 3.53. The number of rotatable bonds is 2. The van der Waals surface area contributed by atoms with E-state index >= 15 is 0 Å². The molecule has 2 heterocycles. The molecule has 2 aromatic heterocycles. The first-order valence-electron chi connectivity index (χ1n) is 4.61. The Hall–Kier alpha value is -1.22. The quantitative estimate of drug-likeness (QED) is 0.750. The van der Waals surface area contributed by atoms with E-state index < -0.39 is 0 Å². The van der Waals surface area contributed by atoms with Crippen molar-refractivity contribution >= 4 is 11.3 Å². The van der Waals surface area contributed by atoms with Gasteiger partial charge in [0.1, 0.15) is 0 Å². The van der Waals surface area contributed by atoms with E-state index in [1.807, 2.05) is 24.1 Å². The first-order chi connectivity index (χ1) is 6.77. The zero-order valence-electron chi connectivity index (χ0n) is 8.27. The zero-order valence-corrected chi connectivity index (χ0v) is 9.08. The molecule has 2 nitrogen and oxygen atoms in total. The number of hydrogen-bond donors (Lipinski definition) is 0. The van der Waals surface area contributed by atoms with Crippen LogP contribution in [-0.2, 0) is 0 Å². The van der Waals surface area contributed by atoms with Crippen LogP contribution in [0.4, 0.5) is 0 Å². The van der Waals surface area contributed by atoms with E-state index in [-0.39, 0.29) is 0 Å². The Morgan fingerprint density at radius 2 is 2.00 bits per heavy atom. The van der Waals surface area contributed by atoms with Crippen LogP contribution >= 0.6 is 11.3 Å². The summed E-state index contributed by atoms with van der Waals surface area (Å²) in [4.78, 5) is 9.49. The Morgan fingerprint density at radius 3 is 2.64 bits per heavy atom. The van der Waals surface area contributed by atoms with Gasteiger partial charge in [-0.15, -0.1) is 11.3 Å². The van der Waals surface area contributed by atoms with E-state index in [4.69, 9.17) is 0 Å². The molecule has 72 valence electrons. The topological polar surface area (TPSA) is 25.8 Å². The lowest BCUT2D eigenvalue weighted by Crippen LogP contribution is -1.89. The van der Waals surface area contributed by atoms with Crippen molar-refractivity contribution in [2.75, 3.05) is 0 Å². The molecule has 0 N–H and O–H groups in total. The van der Waals surface area contributed by atoms with Gasteiger partial charge in [-0.25, -0.2) is 0 Å². The minimum Gasteiger partial charge on any atom is -0.264 e. The maximum Gasteiger partial charge on any atom is 0.0797 e. The lowest BCUT2D eigenvalue weighted by Gasteiger charge is -2.05. The third-order valence-corrected chi connectivity index (χ3v) is 2.97. The van der Waals surface area contributed by atoms with Gasteiger partial charge in [0.15, 0.2) is 0 Å². The van der Waals surface area contributed by atoms with Crippen molar-refractivity contribution in [3.63, 3.8) is 0 Å².